The highest BCUT2D eigenvalue weighted by molar-refractivity contribution is 9.10. The summed E-state index contributed by atoms with van der Waals surface area (Å²) in [5.74, 6) is -0.515. The molecule has 0 aromatic heterocycles. The van der Waals surface area contributed by atoms with Gasteiger partial charge in [0, 0.05) is 27.5 Å². The van der Waals surface area contributed by atoms with Crippen molar-refractivity contribution in [3.63, 3.8) is 0 Å². The first-order chi connectivity index (χ1) is 8.56. The Morgan fingerprint density at radius 3 is 2.94 bits per heavy atom. The third kappa shape index (κ3) is 4.19. The molecule has 0 spiro atoms. The molecule has 1 aromatic rings. The summed E-state index contributed by atoms with van der Waals surface area (Å²) in [5, 5.41) is 6.84. The highest BCUT2D eigenvalue weighted by Gasteiger charge is 2.19. The number of rotatable bonds is 6. The van der Waals surface area contributed by atoms with Gasteiger partial charge < -0.3 is 11.1 Å². The highest BCUT2D eigenvalue weighted by atomic mass is 79.9. The molecule has 0 heterocycles. The zero-order chi connectivity index (χ0) is 13.5. The van der Waals surface area contributed by atoms with Gasteiger partial charge in [-0.3, -0.25) is 4.79 Å². The van der Waals surface area contributed by atoms with Crippen LogP contribution in [0, 0.1) is 0 Å². The summed E-state index contributed by atoms with van der Waals surface area (Å²) in [4.78, 5) is 14.0. The number of amides is 1. The Balaban J connectivity index is 2.84. The second-order valence-corrected chi connectivity index (χ2v) is 4.70. The number of carbonyl (C=O) groups excluding carboxylic acids is 1. The quantitative estimate of drug-likeness (QED) is 0.362. The molecular formula is C10H11BrClN5O. The Bertz CT molecular complexity index is 489. The molecule has 8 heteroatoms. The van der Waals surface area contributed by atoms with E-state index in [0.717, 1.165) is 0 Å². The van der Waals surface area contributed by atoms with E-state index in [-0.39, 0.29) is 6.54 Å². The predicted octanol–water partition coefficient (Wildman–Crippen LogP) is 2.53. The highest BCUT2D eigenvalue weighted by Crippen LogP contribution is 2.26. The molecule has 0 aliphatic rings. The topological polar surface area (TPSA) is 104 Å². The molecule has 0 saturated heterocycles. The van der Waals surface area contributed by atoms with Crippen LogP contribution in [-0.2, 0) is 4.79 Å². The van der Waals surface area contributed by atoms with Crippen LogP contribution in [0.15, 0.2) is 27.8 Å². The molecule has 1 atom stereocenters. The summed E-state index contributed by atoms with van der Waals surface area (Å²) in [6.45, 7) is 0.595. The van der Waals surface area contributed by atoms with E-state index < -0.39 is 11.9 Å². The van der Waals surface area contributed by atoms with Crippen LogP contribution in [0.5, 0.6) is 0 Å². The van der Waals surface area contributed by atoms with Crippen LogP contribution < -0.4 is 11.1 Å². The van der Waals surface area contributed by atoms with Gasteiger partial charge in [-0.25, -0.2) is 0 Å². The van der Waals surface area contributed by atoms with Gasteiger partial charge in [-0.1, -0.05) is 38.7 Å². The predicted molar refractivity (Wildman–Crippen MR) is 73.1 cm³/mol. The van der Waals surface area contributed by atoms with Crippen LogP contribution in [0.4, 0.5) is 0 Å². The Kier molecular flexibility index (Phi) is 5.94. The van der Waals surface area contributed by atoms with Gasteiger partial charge in [-0.05, 0) is 23.2 Å². The van der Waals surface area contributed by atoms with Crippen LogP contribution in [0.2, 0.25) is 5.02 Å². The van der Waals surface area contributed by atoms with Gasteiger partial charge in [0.25, 0.3) is 0 Å². The van der Waals surface area contributed by atoms with Crippen molar-refractivity contribution in [3.05, 3.63) is 43.7 Å². The Hall–Kier alpha value is -1.27. The van der Waals surface area contributed by atoms with E-state index in [4.69, 9.17) is 22.9 Å². The number of carbonyl (C=O) groups is 1. The Labute approximate surface area is 117 Å². The van der Waals surface area contributed by atoms with Crippen LogP contribution >= 0.6 is 27.5 Å². The normalized spacial score (nSPS) is 11.7. The van der Waals surface area contributed by atoms with Crippen LogP contribution in [-0.4, -0.2) is 19.0 Å². The molecule has 1 rings (SSSR count). The van der Waals surface area contributed by atoms with Gasteiger partial charge in [0.1, 0.15) is 6.04 Å². The average Bonchev–Trinajstić information content (AvgIpc) is 2.30. The number of nitrogens with two attached hydrogens (primary N) is 1. The maximum Gasteiger partial charge on any atom is 0.239 e. The standard InChI is InChI=1S/C10H11BrClN5O/c11-8-5-6(12)1-2-7(8)9(10(13)18)15-3-4-16-17-14/h1-2,5,9,15H,3-4H2,(H2,13,18). The van der Waals surface area contributed by atoms with E-state index in [1.807, 2.05) is 0 Å². The molecule has 18 heavy (non-hydrogen) atoms. The minimum absolute atomic E-state index is 0.242. The fourth-order valence-corrected chi connectivity index (χ4v) is 2.31. The summed E-state index contributed by atoms with van der Waals surface area (Å²) in [6.07, 6.45) is 0. The van der Waals surface area contributed by atoms with E-state index in [2.05, 4.69) is 31.3 Å². The third-order valence-corrected chi connectivity index (χ3v) is 3.10. The molecular weight excluding hydrogens is 322 g/mol. The van der Waals surface area contributed by atoms with Gasteiger partial charge in [-0.15, -0.1) is 0 Å². The second-order valence-electron chi connectivity index (χ2n) is 3.41. The first-order valence-corrected chi connectivity index (χ1v) is 6.22. The number of primary amides is 1. The van der Waals surface area contributed by atoms with E-state index in [1.54, 1.807) is 18.2 Å². The lowest BCUT2D eigenvalue weighted by Gasteiger charge is -2.16. The zero-order valence-electron chi connectivity index (χ0n) is 9.31. The average molecular weight is 333 g/mol. The molecule has 0 saturated carbocycles. The number of hydrogen-bond donors (Lipinski definition) is 2. The lowest BCUT2D eigenvalue weighted by Crippen LogP contribution is -2.35. The minimum Gasteiger partial charge on any atom is -0.368 e. The van der Waals surface area contributed by atoms with Crippen LogP contribution in [0.25, 0.3) is 10.4 Å². The molecule has 0 bridgehead atoms. The second kappa shape index (κ2) is 7.23. The van der Waals surface area contributed by atoms with Gasteiger partial charge >= 0.3 is 0 Å². The fraction of sp³-hybridized carbons (Fsp3) is 0.300. The van der Waals surface area contributed by atoms with Crippen molar-refractivity contribution in [2.75, 3.05) is 13.1 Å². The van der Waals surface area contributed by atoms with Crippen molar-refractivity contribution in [2.45, 2.75) is 6.04 Å². The van der Waals surface area contributed by atoms with Crippen LogP contribution in [0.1, 0.15) is 11.6 Å². The maximum atomic E-state index is 11.4. The molecule has 1 aromatic carbocycles. The molecule has 96 valence electrons. The fourth-order valence-electron chi connectivity index (χ4n) is 1.40. The van der Waals surface area contributed by atoms with Gasteiger partial charge in [0.2, 0.25) is 5.91 Å². The number of halogens is 2. The maximum absolute atomic E-state index is 11.4. The van der Waals surface area contributed by atoms with E-state index in [9.17, 15) is 4.79 Å². The van der Waals surface area contributed by atoms with Crippen molar-refractivity contribution < 1.29 is 4.79 Å². The molecule has 0 aliphatic carbocycles. The van der Waals surface area contributed by atoms with E-state index >= 15 is 0 Å². The summed E-state index contributed by atoms with van der Waals surface area (Å²) >= 11 is 9.15. The first kappa shape index (κ1) is 14.8. The number of nitrogens with zero attached hydrogens (tertiary/aromatic N) is 3. The largest absolute Gasteiger partial charge is 0.368 e. The molecule has 1 unspecified atom stereocenters. The summed E-state index contributed by atoms with van der Waals surface area (Å²) in [7, 11) is 0. The lowest BCUT2D eigenvalue weighted by atomic mass is 10.1. The SMILES string of the molecule is [N-]=[N+]=NCCNC(C(N)=O)c1ccc(Cl)cc1Br. The minimum atomic E-state index is -0.662. The molecule has 0 aliphatic heterocycles. The smallest absolute Gasteiger partial charge is 0.239 e. The van der Waals surface area contributed by atoms with Crippen molar-refractivity contribution in [3.8, 4) is 0 Å². The number of azide groups is 1. The van der Waals surface area contributed by atoms with Crippen molar-refractivity contribution in [1.82, 2.24) is 5.32 Å². The molecule has 6 nitrogen and oxygen atoms in total. The summed E-state index contributed by atoms with van der Waals surface area (Å²) in [5.41, 5.74) is 14.2. The van der Waals surface area contributed by atoms with Gasteiger partial charge in [0.05, 0.1) is 0 Å². The van der Waals surface area contributed by atoms with Gasteiger partial charge in [-0.2, -0.15) is 0 Å². The van der Waals surface area contributed by atoms with Crippen LogP contribution in [0.3, 0.4) is 0 Å². The zero-order valence-corrected chi connectivity index (χ0v) is 11.6. The number of hydrogen-bond acceptors (Lipinski definition) is 3. The summed E-state index contributed by atoms with van der Waals surface area (Å²) in [6, 6.07) is 4.40. The van der Waals surface area contributed by atoms with Gasteiger partial charge in [0.15, 0.2) is 0 Å². The number of benzene rings is 1. The molecule has 0 radical (unpaired) electrons. The summed E-state index contributed by atoms with van der Waals surface area (Å²) < 4.78 is 0.690. The molecule has 3 N–H and O–H groups in total. The lowest BCUT2D eigenvalue weighted by molar-refractivity contribution is -0.120. The molecule has 1 amide bonds. The van der Waals surface area contributed by atoms with Crippen molar-refractivity contribution >= 4 is 33.4 Å². The Morgan fingerprint density at radius 1 is 1.67 bits per heavy atom. The van der Waals surface area contributed by atoms with Crippen molar-refractivity contribution in [1.29, 1.82) is 0 Å². The first-order valence-electron chi connectivity index (χ1n) is 5.04. The van der Waals surface area contributed by atoms with Crippen molar-refractivity contribution in [2.24, 2.45) is 10.8 Å². The molecule has 0 fully saturated rings. The monoisotopic (exact) mass is 331 g/mol. The Morgan fingerprint density at radius 2 is 2.39 bits per heavy atom. The number of nitrogens with one attached hydrogen (secondary N) is 1. The van der Waals surface area contributed by atoms with E-state index in [1.165, 1.54) is 0 Å². The van der Waals surface area contributed by atoms with E-state index in [0.29, 0.717) is 21.6 Å². The third-order valence-electron chi connectivity index (χ3n) is 2.18.